The molecule has 0 aliphatic heterocycles. The zero-order valence-electron chi connectivity index (χ0n) is 19.6. The van der Waals surface area contributed by atoms with E-state index >= 15 is 0 Å². The highest BCUT2D eigenvalue weighted by molar-refractivity contribution is 7.92. The second-order valence-corrected chi connectivity index (χ2v) is 10.9. The first-order chi connectivity index (χ1) is 15.8. The number of carbonyl (C=O) groups is 1. The van der Waals surface area contributed by atoms with E-state index in [1.807, 2.05) is 12.1 Å². The highest BCUT2D eigenvalue weighted by atomic mass is 32.2. The number of amides is 1. The molecule has 2 aromatic carbocycles. The third-order valence-electron chi connectivity index (χ3n) is 4.87. The second-order valence-electron chi connectivity index (χ2n) is 8.84. The molecule has 0 radical (unpaired) electrons. The van der Waals surface area contributed by atoms with Crippen LogP contribution in [0.5, 0.6) is 0 Å². The molecule has 3 aromatic rings. The Morgan fingerprint density at radius 2 is 1.47 bits per heavy atom. The molecule has 0 aliphatic carbocycles. The van der Waals surface area contributed by atoms with E-state index in [1.54, 1.807) is 44.2 Å². The molecule has 0 saturated carbocycles. The van der Waals surface area contributed by atoms with Crippen molar-refractivity contribution in [1.82, 2.24) is 15.3 Å². The van der Waals surface area contributed by atoms with Crippen LogP contribution in [-0.2, 0) is 15.4 Å². The Balaban J connectivity index is 1.62. The molecule has 0 spiro atoms. The van der Waals surface area contributed by atoms with E-state index in [0.717, 1.165) is 5.56 Å². The van der Waals surface area contributed by atoms with Crippen molar-refractivity contribution < 1.29 is 13.2 Å². The van der Waals surface area contributed by atoms with Crippen molar-refractivity contribution in [3.63, 3.8) is 0 Å². The summed E-state index contributed by atoms with van der Waals surface area (Å²) >= 11 is 5.22. The predicted octanol–water partition coefficient (Wildman–Crippen LogP) is 4.32. The van der Waals surface area contributed by atoms with Crippen molar-refractivity contribution in [2.24, 2.45) is 0 Å². The highest BCUT2D eigenvalue weighted by Gasteiger charge is 2.17. The zero-order chi connectivity index (χ0) is 25.1. The fraction of sp³-hybridized carbons (Fsp3) is 0.250. The Hall–Kier alpha value is -3.37. The molecule has 0 fully saturated rings. The summed E-state index contributed by atoms with van der Waals surface area (Å²) in [6, 6.07) is 15.0. The van der Waals surface area contributed by atoms with Crippen LogP contribution in [0.15, 0.2) is 59.5 Å². The van der Waals surface area contributed by atoms with Crippen molar-refractivity contribution in [3.8, 4) is 0 Å². The maximum absolute atomic E-state index is 12.7. The van der Waals surface area contributed by atoms with Gasteiger partial charge in [-0.3, -0.25) is 10.1 Å². The lowest BCUT2D eigenvalue weighted by Crippen LogP contribution is -2.34. The van der Waals surface area contributed by atoms with Crippen LogP contribution in [0.25, 0.3) is 0 Å². The highest BCUT2D eigenvalue weighted by Crippen LogP contribution is 2.22. The number of hydrogen-bond donors (Lipinski definition) is 3. The summed E-state index contributed by atoms with van der Waals surface area (Å²) in [5.74, 6) is -0.325. The molecule has 3 N–H and O–H groups in total. The monoisotopic (exact) mass is 497 g/mol. The molecular weight excluding hydrogens is 470 g/mol. The minimum Gasteiger partial charge on any atom is -0.332 e. The normalized spacial score (nSPS) is 11.6. The molecule has 1 heterocycles. The average molecular weight is 498 g/mol. The van der Waals surface area contributed by atoms with Gasteiger partial charge in [-0.25, -0.2) is 23.1 Å². The number of sulfonamides is 1. The van der Waals surface area contributed by atoms with Gasteiger partial charge in [-0.1, -0.05) is 32.9 Å². The smallest absolute Gasteiger partial charge is 0.264 e. The van der Waals surface area contributed by atoms with Crippen LogP contribution in [0.3, 0.4) is 0 Å². The fourth-order valence-corrected chi connectivity index (χ4v) is 4.28. The molecule has 0 aliphatic rings. The third kappa shape index (κ3) is 6.58. The summed E-state index contributed by atoms with van der Waals surface area (Å²) in [7, 11) is -3.87. The molecule has 0 unspecified atom stereocenters. The van der Waals surface area contributed by atoms with Gasteiger partial charge in [0.2, 0.25) is 5.95 Å². The Labute approximate surface area is 205 Å². The SMILES string of the molecule is Cc1cc(C)nc(NS(=O)(=O)c2ccc(NC(=S)NC(=O)c3ccc(C(C)(C)C)cc3)cc2)n1. The number of benzene rings is 2. The number of aryl methyl sites for hydroxylation is 2. The van der Waals surface area contributed by atoms with Crippen LogP contribution in [0, 0.1) is 13.8 Å². The zero-order valence-corrected chi connectivity index (χ0v) is 21.3. The van der Waals surface area contributed by atoms with Gasteiger partial charge in [-0.2, -0.15) is 0 Å². The van der Waals surface area contributed by atoms with Gasteiger partial charge in [-0.15, -0.1) is 0 Å². The molecule has 178 valence electrons. The molecule has 0 bridgehead atoms. The lowest BCUT2D eigenvalue weighted by Gasteiger charge is -2.19. The van der Waals surface area contributed by atoms with Crippen molar-refractivity contribution >= 4 is 44.9 Å². The average Bonchev–Trinajstić information content (AvgIpc) is 2.72. The number of thiocarbonyl (C=S) groups is 1. The molecule has 3 rings (SSSR count). The van der Waals surface area contributed by atoms with Crippen molar-refractivity contribution in [2.45, 2.75) is 44.9 Å². The standard InChI is InChI=1S/C24H27N5O3S2/c1-15-14-16(2)26-22(25-15)29-34(31,32)20-12-10-19(11-13-20)27-23(33)28-21(30)17-6-8-18(9-7-17)24(3,4)5/h6-14H,1-5H3,(H,25,26,29)(H2,27,28,30,33). The Morgan fingerprint density at radius 3 is 2.00 bits per heavy atom. The van der Waals surface area contributed by atoms with E-state index in [1.165, 1.54) is 12.1 Å². The Bertz CT molecular complexity index is 1290. The molecule has 1 amide bonds. The van der Waals surface area contributed by atoms with Crippen molar-refractivity contribution in [1.29, 1.82) is 0 Å². The lowest BCUT2D eigenvalue weighted by atomic mass is 9.87. The van der Waals surface area contributed by atoms with Crippen LogP contribution >= 0.6 is 12.2 Å². The van der Waals surface area contributed by atoms with Crippen molar-refractivity contribution in [3.05, 3.63) is 77.1 Å². The largest absolute Gasteiger partial charge is 0.332 e. The molecule has 8 nitrogen and oxygen atoms in total. The first kappa shape index (κ1) is 25.3. The van der Waals surface area contributed by atoms with E-state index in [4.69, 9.17) is 12.2 Å². The number of carbonyl (C=O) groups excluding carboxylic acids is 1. The quantitative estimate of drug-likeness (QED) is 0.450. The van der Waals surface area contributed by atoms with E-state index in [0.29, 0.717) is 22.6 Å². The summed E-state index contributed by atoms with van der Waals surface area (Å²) in [5.41, 5.74) is 3.44. The molecule has 1 aromatic heterocycles. The molecule has 0 atom stereocenters. The summed E-state index contributed by atoms with van der Waals surface area (Å²) in [6.07, 6.45) is 0. The van der Waals surface area contributed by atoms with Gasteiger partial charge >= 0.3 is 0 Å². The first-order valence-electron chi connectivity index (χ1n) is 10.5. The predicted molar refractivity (Wildman–Crippen MR) is 138 cm³/mol. The van der Waals surface area contributed by atoms with E-state index < -0.39 is 10.0 Å². The summed E-state index contributed by atoms with van der Waals surface area (Å²) in [5, 5.41) is 5.61. The number of hydrogen-bond acceptors (Lipinski definition) is 6. The van der Waals surface area contributed by atoms with Gasteiger partial charge < -0.3 is 5.32 Å². The van der Waals surface area contributed by atoms with Gasteiger partial charge in [0.05, 0.1) is 4.90 Å². The van der Waals surface area contributed by atoms with Crippen LogP contribution in [-0.4, -0.2) is 29.4 Å². The van der Waals surface area contributed by atoms with E-state index in [9.17, 15) is 13.2 Å². The number of anilines is 2. The van der Waals surface area contributed by atoms with Crippen LogP contribution in [0.2, 0.25) is 0 Å². The lowest BCUT2D eigenvalue weighted by molar-refractivity contribution is 0.0977. The second kappa shape index (κ2) is 9.86. The van der Waals surface area contributed by atoms with Crippen LogP contribution < -0.4 is 15.4 Å². The number of aromatic nitrogens is 2. The molecule has 34 heavy (non-hydrogen) atoms. The first-order valence-corrected chi connectivity index (χ1v) is 12.4. The number of rotatable bonds is 5. The summed E-state index contributed by atoms with van der Waals surface area (Å²) in [6.45, 7) is 9.83. The minimum atomic E-state index is -3.87. The Kier molecular flexibility index (Phi) is 7.32. The maximum atomic E-state index is 12.7. The van der Waals surface area contributed by atoms with E-state index in [2.05, 4.69) is 46.1 Å². The third-order valence-corrected chi connectivity index (χ3v) is 6.42. The topological polar surface area (TPSA) is 113 Å². The fourth-order valence-electron chi connectivity index (χ4n) is 3.13. The number of nitrogens with one attached hydrogen (secondary N) is 3. The maximum Gasteiger partial charge on any atom is 0.264 e. The molecular formula is C24H27N5O3S2. The van der Waals surface area contributed by atoms with Gasteiger partial charge in [0.1, 0.15) is 0 Å². The van der Waals surface area contributed by atoms with Crippen LogP contribution in [0.4, 0.5) is 11.6 Å². The van der Waals surface area contributed by atoms with E-state index in [-0.39, 0.29) is 27.3 Å². The molecule has 0 saturated heterocycles. The minimum absolute atomic E-state index is 0.00691. The van der Waals surface area contributed by atoms with Gasteiger partial charge in [0.15, 0.2) is 5.11 Å². The summed E-state index contributed by atoms with van der Waals surface area (Å²) in [4.78, 5) is 20.7. The summed E-state index contributed by atoms with van der Waals surface area (Å²) < 4.78 is 27.7. The van der Waals surface area contributed by atoms with Gasteiger partial charge in [-0.05, 0) is 79.5 Å². The Morgan fingerprint density at radius 1 is 0.912 bits per heavy atom. The number of nitrogens with zero attached hydrogens (tertiary/aromatic N) is 2. The van der Waals surface area contributed by atoms with Crippen LogP contribution in [0.1, 0.15) is 48.1 Å². The van der Waals surface area contributed by atoms with Gasteiger partial charge in [0, 0.05) is 22.6 Å². The molecule has 10 heteroatoms. The van der Waals surface area contributed by atoms with Crippen molar-refractivity contribution in [2.75, 3.05) is 10.0 Å². The van der Waals surface area contributed by atoms with Gasteiger partial charge in [0.25, 0.3) is 15.9 Å².